The van der Waals surface area contributed by atoms with Crippen molar-refractivity contribution >= 4 is 65.7 Å². The molecule has 0 spiro atoms. The number of benzene rings is 8. The normalized spacial score (nSPS) is 11.9. The smallest absolute Gasteiger partial charge is 0.143 e. The van der Waals surface area contributed by atoms with Gasteiger partial charge in [0.2, 0.25) is 0 Å². The highest BCUT2D eigenvalue weighted by Gasteiger charge is 2.20. The van der Waals surface area contributed by atoms with Gasteiger partial charge in [0.15, 0.2) is 0 Å². The Kier molecular flexibility index (Phi) is 5.96. The first-order chi connectivity index (χ1) is 25.3. The standard InChI is InChI=1S/C48H29NO2/c1-2-14-33(38-20-12-22-40-37-18-6-10-26-46(37)51-48(38)40)32(13-1)34-15-3-7-23-42(34)49-43-24-8-4-16-35(43)41-29-30(27-28-44(41)49)31-19-11-21-39-36-17-5-9-25-45(36)50-47(31)39/h1-29H. The zero-order valence-corrected chi connectivity index (χ0v) is 27.5. The second-order valence-corrected chi connectivity index (χ2v) is 13.2. The van der Waals surface area contributed by atoms with Crippen molar-refractivity contribution in [1.29, 1.82) is 0 Å². The van der Waals surface area contributed by atoms with Gasteiger partial charge in [0.25, 0.3) is 0 Å². The molecule has 11 rings (SSSR count). The first-order valence-electron chi connectivity index (χ1n) is 17.4. The number of hydrogen-bond acceptors (Lipinski definition) is 2. The SMILES string of the molecule is c1ccc(-c2cccc3c2oc2ccccc23)c(-c2ccccc2-n2c3ccccc3c3cc(-c4cccc5c4oc4ccccc45)ccc32)c1. The first-order valence-corrected chi connectivity index (χ1v) is 17.4. The average Bonchev–Trinajstić information content (AvgIpc) is 3.87. The summed E-state index contributed by atoms with van der Waals surface area (Å²) < 4.78 is 15.4. The van der Waals surface area contributed by atoms with E-state index in [1.54, 1.807) is 0 Å². The van der Waals surface area contributed by atoms with Crippen molar-refractivity contribution < 1.29 is 8.83 Å². The minimum Gasteiger partial charge on any atom is -0.455 e. The number of para-hydroxylation sites is 6. The molecule has 0 N–H and O–H groups in total. The Balaban J connectivity index is 1.13. The molecule has 3 nitrogen and oxygen atoms in total. The van der Waals surface area contributed by atoms with Crippen LogP contribution in [0.4, 0.5) is 0 Å². The van der Waals surface area contributed by atoms with E-state index in [0.29, 0.717) is 0 Å². The minimum absolute atomic E-state index is 0.902. The van der Waals surface area contributed by atoms with E-state index < -0.39 is 0 Å². The van der Waals surface area contributed by atoms with Gasteiger partial charge in [0.1, 0.15) is 22.3 Å². The predicted molar refractivity (Wildman–Crippen MR) is 212 cm³/mol. The summed E-state index contributed by atoms with van der Waals surface area (Å²) in [5.41, 5.74) is 13.8. The van der Waals surface area contributed by atoms with Crippen molar-refractivity contribution in [2.75, 3.05) is 0 Å². The maximum atomic E-state index is 6.53. The first kappa shape index (κ1) is 28.0. The molecule has 51 heavy (non-hydrogen) atoms. The third kappa shape index (κ3) is 4.12. The maximum absolute atomic E-state index is 6.53. The van der Waals surface area contributed by atoms with Gasteiger partial charge in [-0.2, -0.15) is 0 Å². The van der Waals surface area contributed by atoms with Crippen LogP contribution in [-0.2, 0) is 0 Å². The molecule has 8 aromatic carbocycles. The molecule has 0 radical (unpaired) electrons. The summed E-state index contributed by atoms with van der Waals surface area (Å²) in [7, 11) is 0. The van der Waals surface area contributed by atoms with Crippen LogP contribution in [0.1, 0.15) is 0 Å². The molecule has 0 aliphatic carbocycles. The fourth-order valence-corrected chi connectivity index (χ4v) is 8.18. The minimum atomic E-state index is 0.902. The third-order valence-electron chi connectivity index (χ3n) is 10.4. The Morgan fingerprint density at radius 2 is 0.804 bits per heavy atom. The van der Waals surface area contributed by atoms with Gasteiger partial charge in [0.05, 0.1) is 16.7 Å². The van der Waals surface area contributed by atoms with Gasteiger partial charge in [-0.3, -0.25) is 0 Å². The lowest BCUT2D eigenvalue weighted by molar-refractivity contribution is 0.669. The Hall–Kier alpha value is -6.84. The molecule has 238 valence electrons. The van der Waals surface area contributed by atoms with E-state index in [2.05, 4.69) is 156 Å². The fraction of sp³-hybridized carbons (Fsp3) is 0. The van der Waals surface area contributed by atoms with Gasteiger partial charge in [-0.25, -0.2) is 0 Å². The van der Waals surface area contributed by atoms with Crippen molar-refractivity contribution in [2.45, 2.75) is 0 Å². The summed E-state index contributed by atoms with van der Waals surface area (Å²) in [5.74, 6) is 0. The summed E-state index contributed by atoms with van der Waals surface area (Å²) >= 11 is 0. The Labute approximate surface area is 293 Å². The zero-order chi connectivity index (χ0) is 33.5. The molecule has 3 aromatic heterocycles. The second-order valence-electron chi connectivity index (χ2n) is 13.2. The summed E-state index contributed by atoms with van der Waals surface area (Å²) in [6, 6.07) is 62.5. The molecule has 0 saturated carbocycles. The van der Waals surface area contributed by atoms with Crippen molar-refractivity contribution in [2.24, 2.45) is 0 Å². The van der Waals surface area contributed by atoms with Crippen LogP contribution in [0.15, 0.2) is 185 Å². The molecule has 0 amide bonds. The van der Waals surface area contributed by atoms with Crippen LogP contribution < -0.4 is 0 Å². The summed E-state index contributed by atoms with van der Waals surface area (Å²) in [5, 5.41) is 6.95. The number of rotatable bonds is 4. The molecule has 11 aromatic rings. The van der Waals surface area contributed by atoms with E-state index in [1.165, 1.54) is 10.8 Å². The van der Waals surface area contributed by atoms with Crippen LogP contribution in [-0.4, -0.2) is 4.57 Å². The monoisotopic (exact) mass is 651 g/mol. The van der Waals surface area contributed by atoms with Gasteiger partial charge in [-0.1, -0.05) is 140 Å². The molecule has 0 aliphatic rings. The lowest BCUT2D eigenvalue weighted by atomic mass is 9.92. The molecular weight excluding hydrogens is 623 g/mol. The Morgan fingerprint density at radius 3 is 1.53 bits per heavy atom. The molecule has 0 saturated heterocycles. The van der Waals surface area contributed by atoms with E-state index in [4.69, 9.17) is 8.83 Å². The van der Waals surface area contributed by atoms with E-state index in [0.717, 1.165) is 94.0 Å². The Morgan fingerprint density at radius 1 is 0.314 bits per heavy atom. The van der Waals surface area contributed by atoms with E-state index in [-0.39, 0.29) is 0 Å². The highest BCUT2D eigenvalue weighted by atomic mass is 16.3. The quantitative estimate of drug-likeness (QED) is 0.190. The zero-order valence-electron chi connectivity index (χ0n) is 27.5. The van der Waals surface area contributed by atoms with Gasteiger partial charge < -0.3 is 13.4 Å². The number of furan rings is 2. The fourth-order valence-electron chi connectivity index (χ4n) is 8.18. The summed E-state index contributed by atoms with van der Waals surface area (Å²) in [6.07, 6.45) is 0. The number of aromatic nitrogens is 1. The van der Waals surface area contributed by atoms with Crippen LogP contribution in [0.5, 0.6) is 0 Å². The molecular formula is C48H29NO2. The van der Waals surface area contributed by atoms with Crippen LogP contribution in [0, 0.1) is 0 Å². The lowest BCUT2D eigenvalue weighted by Crippen LogP contribution is -1.98. The molecule has 0 fully saturated rings. The van der Waals surface area contributed by atoms with Gasteiger partial charge in [0, 0.05) is 49.0 Å². The van der Waals surface area contributed by atoms with Crippen LogP contribution in [0.2, 0.25) is 0 Å². The average molecular weight is 652 g/mol. The van der Waals surface area contributed by atoms with Gasteiger partial charge >= 0.3 is 0 Å². The molecule has 0 bridgehead atoms. The van der Waals surface area contributed by atoms with Gasteiger partial charge in [-0.05, 0) is 53.1 Å². The molecule has 0 unspecified atom stereocenters. The van der Waals surface area contributed by atoms with Gasteiger partial charge in [-0.15, -0.1) is 0 Å². The second kappa shape index (κ2) is 10.8. The third-order valence-corrected chi connectivity index (χ3v) is 10.4. The molecule has 3 heteroatoms. The van der Waals surface area contributed by atoms with Crippen molar-refractivity contribution in [3.05, 3.63) is 176 Å². The van der Waals surface area contributed by atoms with Crippen molar-refractivity contribution in [3.8, 4) is 39.1 Å². The summed E-state index contributed by atoms with van der Waals surface area (Å²) in [4.78, 5) is 0. The largest absolute Gasteiger partial charge is 0.455 e. The highest BCUT2D eigenvalue weighted by molar-refractivity contribution is 6.14. The lowest BCUT2D eigenvalue weighted by Gasteiger charge is -2.17. The molecule has 0 atom stereocenters. The number of fused-ring (bicyclic) bond motifs is 9. The van der Waals surface area contributed by atoms with E-state index in [1.807, 2.05) is 24.3 Å². The van der Waals surface area contributed by atoms with Crippen LogP contribution in [0.3, 0.4) is 0 Å². The predicted octanol–water partition coefficient (Wildman–Crippen LogP) is 13.6. The van der Waals surface area contributed by atoms with Crippen molar-refractivity contribution in [3.63, 3.8) is 0 Å². The number of hydrogen-bond donors (Lipinski definition) is 0. The highest BCUT2D eigenvalue weighted by Crippen LogP contribution is 2.44. The number of nitrogens with zero attached hydrogens (tertiary/aromatic N) is 1. The van der Waals surface area contributed by atoms with E-state index >= 15 is 0 Å². The van der Waals surface area contributed by atoms with Crippen LogP contribution >= 0.6 is 0 Å². The molecule has 3 heterocycles. The summed E-state index contributed by atoms with van der Waals surface area (Å²) in [6.45, 7) is 0. The van der Waals surface area contributed by atoms with Crippen molar-refractivity contribution in [1.82, 2.24) is 4.57 Å². The van der Waals surface area contributed by atoms with E-state index in [9.17, 15) is 0 Å². The topological polar surface area (TPSA) is 31.2 Å². The van der Waals surface area contributed by atoms with Crippen LogP contribution in [0.25, 0.3) is 105 Å². The Bertz CT molecular complexity index is 3150. The molecule has 0 aliphatic heterocycles. The maximum Gasteiger partial charge on any atom is 0.143 e.